The van der Waals surface area contributed by atoms with Crippen LogP contribution in [0.4, 0.5) is 17.1 Å². The van der Waals surface area contributed by atoms with Gasteiger partial charge in [0.15, 0.2) is 6.61 Å². The number of benzene rings is 2. The summed E-state index contributed by atoms with van der Waals surface area (Å²) >= 11 is 5.66. The molecule has 0 aliphatic carbocycles. The Balaban J connectivity index is 2.04. The largest absolute Gasteiger partial charge is 0.452 e. The minimum absolute atomic E-state index is 0.0666. The Labute approximate surface area is 157 Å². The summed E-state index contributed by atoms with van der Waals surface area (Å²) in [6, 6.07) is 7.45. The Hall–Kier alpha value is -3.53. The third-order valence-corrected chi connectivity index (χ3v) is 3.64. The lowest BCUT2D eigenvalue weighted by atomic mass is 10.2. The molecule has 1 amide bonds. The van der Waals surface area contributed by atoms with E-state index in [9.17, 15) is 29.8 Å². The molecule has 0 saturated carbocycles. The van der Waals surface area contributed by atoms with Gasteiger partial charge in [-0.3, -0.25) is 25.0 Å². The predicted octanol–water partition coefficient (Wildman–Crippen LogP) is 3.26. The van der Waals surface area contributed by atoms with E-state index < -0.39 is 34.0 Å². The van der Waals surface area contributed by atoms with Gasteiger partial charge in [-0.05, 0) is 25.1 Å². The van der Waals surface area contributed by atoms with Gasteiger partial charge in [-0.25, -0.2) is 4.79 Å². The monoisotopic (exact) mass is 393 g/mol. The molecule has 1 N–H and O–H groups in total. The number of aryl methyl sites for hydroxylation is 1. The van der Waals surface area contributed by atoms with Crippen LogP contribution in [0.5, 0.6) is 0 Å². The van der Waals surface area contributed by atoms with Crippen LogP contribution in [0.3, 0.4) is 0 Å². The van der Waals surface area contributed by atoms with Crippen LogP contribution in [0.15, 0.2) is 36.4 Å². The maximum Gasteiger partial charge on any atom is 0.345 e. The smallest absolute Gasteiger partial charge is 0.345 e. The van der Waals surface area contributed by atoms with Gasteiger partial charge < -0.3 is 10.1 Å². The maximum atomic E-state index is 12.0. The summed E-state index contributed by atoms with van der Waals surface area (Å²) in [5.74, 6) is -1.85. The zero-order valence-corrected chi connectivity index (χ0v) is 14.6. The van der Waals surface area contributed by atoms with Gasteiger partial charge in [0.2, 0.25) is 0 Å². The number of hydrogen-bond acceptors (Lipinski definition) is 7. The van der Waals surface area contributed by atoms with E-state index in [0.29, 0.717) is 5.56 Å². The van der Waals surface area contributed by atoms with E-state index in [1.54, 1.807) is 6.92 Å². The highest BCUT2D eigenvalue weighted by molar-refractivity contribution is 6.31. The minimum Gasteiger partial charge on any atom is -0.452 e. The number of hydrogen-bond donors (Lipinski definition) is 1. The van der Waals surface area contributed by atoms with Crippen molar-refractivity contribution in [3.05, 3.63) is 72.8 Å². The lowest BCUT2D eigenvalue weighted by Gasteiger charge is -2.08. The average Bonchev–Trinajstić information content (AvgIpc) is 2.61. The summed E-state index contributed by atoms with van der Waals surface area (Å²) in [5.41, 5.74) is -0.530. The molecule has 27 heavy (non-hydrogen) atoms. The molecule has 2 aromatic carbocycles. The summed E-state index contributed by atoms with van der Waals surface area (Å²) in [6.07, 6.45) is 0. The van der Waals surface area contributed by atoms with Gasteiger partial charge in [-0.2, -0.15) is 0 Å². The van der Waals surface area contributed by atoms with Crippen molar-refractivity contribution < 1.29 is 24.2 Å². The fourth-order valence-electron chi connectivity index (χ4n) is 2.12. The summed E-state index contributed by atoms with van der Waals surface area (Å²) < 4.78 is 4.76. The number of nitrogens with zero attached hydrogens (tertiary/aromatic N) is 2. The summed E-state index contributed by atoms with van der Waals surface area (Å²) in [5, 5.41) is 24.3. The Morgan fingerprint density at radius 2 is 1.74 bits per heavy atom. The molecule has 0 aliphatic rings. The van der Waals surface area contributed by atoms with Crippen molar-refractivity contribution in [3.63, 3.8) is 0 Å². The fraction of sp³-hybridized carbons (Fsp3) is 0.125. The molecule has 0 aromatic heterocycles. The van der Waals surface area contributed by atoms with Crippen molar-refractivity contribution in [2.45, 2.75) is 6.92 Å². The second-order valence-corrected chi connectivity index (χ2v) is 5.74. The molecule has 0 spiro atoms. The molecule has 0 aliphatic heterocycles. The third-order valence-electron chi connectivity index (χ3n) is 3.40. The average molecular weight is 394 g/mol. The van der Waals surface area contributed by atoms with Crippen molar-refractivity contribution in [2.24, 2.45) is 0 Å². The Morgan fingerprint density at radius 1 is 1.07 bits per heavy atom. The van der Waals surface area contributed by atoms with Crippen molar-refractivity contribution in [1.82, 2.24) is 0 Å². The number of anilines is 1. The molecule has 10 nitrogen and oxygen atoms in total. The van der Waals surface area contributed by atoms with Gasteiger partial charge in [-0.1, -0.05) is 17.7 Å². The first-order chi connectivity index (χ1) is 12.7. The summed E-state index contributed by atoms with van der Waals surface area (Å²) in [4.78, 5) is 44.3. The van der Waals surface area contributed by atoms with E-state index in [-0.39, 0.29) is 22.0 Å². The van der Waals surface area contributed by atoms with E-state index in [0.717, 1.165) is 12.1 Å². The highest BCUT2D eigenvalue weighted by atomic mass is 35.5. The first-order valence-electron chi connectivity index (χ1n) is 7.35. The van der Waals surface area contributed by atoms with Gasteiger partial charge in [0.25, 0.3) is 17.3 Å². The molecular weight excluding hydrogens is 382 g/mol. The molecule has 0 unspecified atom stereocenters. The molecule has 11 heteroatoms. The standard InChI is InChI=1S/C16H12ClN3O7/c1-9-2-4-11(7-13(9)19(23)24)18-15(21)8-27-16(22)12-5-3-10(17)6-14(12)20(25)26/h2-7H,8H2,1H3,(H,18,21). The minimum atomic E-state index is -1.08. The second kappa shape index (κ2) is 8.23. The SMILES string of the molecule is Cc1ccc(NC(=O)COC(=O)c2ccc(Cl)cc2[N+](=O)[O-])cc1[N+](=O)[O-]. The lowest BCUT2D eigenvalue weighted by molar-refractivity contribution is -0.385. The van der Waals surface area contributed by atoms with E-state index in [1.807, 2.05) is 0 Å². The zero-order valence-electron chi connectivity index (χ0n) is 13.8. The molecule has 0 saturated heterocycles. The highest BCUT2D eigenvalue weighted by Gasteiger charge is 2.22. The van der Waals surface area contributed by atoms with Gasteiger partial charge in [0.05, 0.1) is 9.85 Å². The van der Waals surface area contributed by atoms with E-state index in [2.05, 4.69) is 5.32 Å². The quantitative estimate of drug-likeness (QED) is 0.450. The molecule has 0 atom stereocenters. The zero-order chi connectivity index (χ0) is 20.1. The number of carbonyl (C=O) groups excluding carboxylic acids is 2. The van der Waals surface area contributed by atoms with Crippen LogP contribution in [0.25, 0.3) is 0 Å². The van der Waals surface area contributed by atoms with Crippen LogP contribution in [0, 0.1) is 27.2 Å². The number of carbonyl (C=O) groups is 2. The molecular formula is C16H12ClN3O7. The van der Waals surface area contributed by atoms with Crippen LogP contribution in [0.2, 0.25) is 5.02 Å². The van der Waals surface area contributed by atoms with E-state index in [4.69, 9.17) is 16.3 Å². The Kier molecular flexibility index (Phi) is 6.03. The molecule has 2 rings (SSSR count). The van der Waals surface area contributed by atoms with E-state index >= 15 is 0 Å². The van der Waals surface area contributed by atoms with Crippen molar-refractivity contribution in [3.8, 4) is 0 Å². The van der Waals surface area contributed by atoms with Crippen LogP contribution in [0.1, 0.15) is 15.9 Å². The summed E-state index contributed by atoms with van der Waals surface area (Å²) in [6.45, 7) is 0.810. The van der Waals surface area contributed by atoms with Gasteiger partial charge in [-0.15, -0.1) is 0 Å². The maximum absolute atomic E-state index is 12.0. The number of amides is 1. The first kappa shape index (κ1) is 19.8. The molecule has 0 fully saturated rings. The topological polar surface area (TPSA) is 142 Å². The van der Waals surface area contributed by atoms with Crippen molar-refractivity contribution in [2.75, 3.05) is 11.9 Å². The number of halogens is 1. The number of ether oxygens (including phenoxy) is 1. The van der Waals surface area contributed by atoms with Gasteiger partial charge in [0.1, 0.15) is 5.56 Å². The summed E-state index contributed by atoms with van der Waals surface area (Å²) in [7, 11) is 0. The predicted molar refractivity (Wildman–Crippen MR) is 94.9 cm³/mol. The number of nitrogens with one attached hydrogen (secondary N) is 1. The number of nitro benzene ring substituents is 2. The molecule has 140 valence electrons. The molecule has 0 radical (unpaired) electrons. The molecule has 0 bridgehead atoms. The Bertz CT molecular complexity index is 946. The fourth-order valence-corrected chi connectivity index (χ4v) is 2.28. The first-order valence-corrected chi connectivity index (χ1v) is 7.73. The lowest BCUT2D eigenvalue weighted by Crippen LogP contribution is -2.21. The number of nitro groups is 2. The van der Waals surface area contributed by atoms with Crippen molar-refractivity contribution >= 4 is 40.5 Å². The van der Waals surface area contributed by atoms with E-state index in [1.165, 1.54) is 24.3 Å². The van der Waals surface area contributed by atoms with Crippen molar-refractivity contribution in [1.29, 1.82) is 0 Å². The van der Waals surface area contributed by atoms with Crippen LogP contribution >= 0.6 is 11.6 Å². The van der Waals surface area contributed by atoms with Crippen LogP contribution < -0.4 is 5.32 Å². The normalized spacial score (nSPS) is 10.1. The number of rotatable bonds is 6. The number of esters is 1. The van der Waals surface area contributed by atoms with Gasteiger partial charge >= 0.3 is 5.97 Å². The van der Waals surface area contributed by atoms with Gasteiger partial charge in [0, 0.05) is 28.4 Å². The molecule has 2 aromatic rings. The third kappa shape index (κ3) is 4.98. The second-order valence-electron chi connectivity index (χ2n) is 5.30. The Morgan fingerprint density at radius 3 is 2.37 bits per heavy atom. The highest BCUT2D eigenvalue weighted by Crippen LogP contribution is 2.24. The molecule has 0 heterocycles. The van der Waals surface area contributed by atoms with Crippen LogP contribution in [-0.2, 0) is 9.53 Å². The van der Waals surface area contributed by atoms with Crippen LogP contribution in [-0.4, -0.2) is 28.3 Å².